The number of nitrogens with one attached hydrogen (secondary N) is 2. The number of carbonyl (C=O) groups is 2. The van der Waals surface area contributed by atoms with E-state index < -0.39 is 17.7 Å². The molecule has 0 spiro atoms. The molecule has 4 rings (SSSR count). The quantitative estimate of drug-likeness (QED) is 0.136. The summed E-state index contributed by atoms with van der Waals surface area (Å²) < 4.78 is 23.3. The molecular formula is C31H33FN4O4. The third-order valence-corrected chi connectivity index (χ3v) is 6.68. The number of hydrogen-bond acceptors (Lipinski definition) is 5. The van der Waals surface area contributed by atoms with Gasteiger partial charge in [0.1, 0.15) is 11.7 Å². The summed E-state index contributed by atoms with van der Waals surface area (Å²) in [6.07, 6.45) is 0.663. The lowest BCUT2D eigenvalue weighted by molar-refractivity contribution is -0.140. The van der Waals surface area contributed by atoms with Crippen LogP contribution >= 0.6 is 0 Å². The number of aromatic nitrogens is 2. The number of imidazole rings is 1. The molecule has 1 aromatic heterocycles. The molecule has 0 radical (unpaired) electrons. The van der Waals surface area contributed by atoms with Crippen molar-refractivity contribution in [2.45, 2.75) is 39.8 Å². The van der Waals surface area contributed by atoms with E-state index in [4.69, 9.17) is 4.74 Å². The molecule has 0 saturated carbocycles. The Hall–Kier alpha value is -4.50. The van der Waals surface area contributed by atoms with Crippen LogP contribution in [0.1, 0.15) is 36.4 Å². The second-order valence-electron chi connectivity index (χ2n) is 9.24. The van der Waals surface area contributed by atoms with Crippen LogP contribution in [0.2, 0.25) is 0 Å². The van der Waals surface area contributed by atoms with Crippen LogP contribution in [0.3, 0.4) is 0 Å². The van der Waals surface area contributed by atoms with Gasteiger partial charge in [0, 0.05) is 11.1 Å². The molecule has 3 aromatic carbocycles. The molecule has 1 unspecified atom stereocenters. The molecule has 40 heavy (non-hydrogen) atoms. The van der Waals surface area contributed by atoms with Gasteiger partial charge in [-0.3, -0.25) is 19.4 Å². The highest BCUT2D eigenvalue weighted by Gasteiger charge is 2.28. The van der Waals surface area contributed by atoms with Gasteiger partial charge in [-0.05, 0) is 30.9 Å². The summed E-state index contributed by atoms with van der Waals surface area (Å²) in [5.74, 6) is -2.86. The summed E-state index contributed by atoms with van der Waals surface area (Å²) in [6, 6.07) is 24.0. The zero-order valence-corrected chi connectivity index (χ0v) is 22.6. The Labute approximate surface area is 232 Å². The van der Waals surface area contributed by atoms with Gasteiger partial charge in [-0.1, -0.05) is 85.8 Å². The Morgan fingerprint density at radius 2 is 1.68 bits per heavy atom. The predicted molar refractivity (Wildman–Crippen MR) is 149 cm³/mol. The maximum atomic E-state index is 15.7. The van der Waals surface area contributed by atoms with E-state index in [1.54, 1.807) is 22.2 Å². The molecule has 3 N–H and O–H groups in total. The molecule has 8 nitrogen and oxygen atoms in total. The van der Waals surface area contributed by atoms with E-state index in [2.05, 4.69) is 10.3 Å². The monoisotopic (exact) mass is 544 g/mol. The normalized spacial score (nSPS) is 11.6. The number of benzene rings is 3. The van der Waals surface area contributed by atoms with Crippen molar-refractivity contribution in [3.05, 3.63) is 107 Å². The molecule has 0 aliphatic rings. The van der Waals surface area contributed by atoms with E-state index in [9.17, 15) is 14.8 Å². The van der Waals surface area contributed by atoms with Crippen molar-refractivity contribution in [3.63, 3.8) is 0 Å². The number of amides is 2. The molecular weight excluding hydrogens is 511 g/mol. The largest absolute Gasteiger partial charge is 0.465 e. The average Bonchev–Trinajstić information content (AvgIpc) is 3.32. The van der Waals surface area contributed by atoms with Crippen molar-refractivity contribution < 1.29 is 23.9 Å². The van der Waals surface area contributed by atoms with Gasteiger partial charge in [0.05, 0.1) is 31.1 Å². The second-order valence-corrected chi connectivity index (χ2v) is 9.24. The van der Waals surface area contributed by atoms with Crippen LogP contribution in [0.25, 0.3) is 11.1 Å². The minimum atomic E-state index is -1.15. The van der Waals surface area contributed by atoms with Crippen LogP contribution in [0, 0.1) is 11.7 Å². The first-order valence-electron chi connectivity index (χ1n) is 13.3. The Morgan fingerprint density at radius 3 is 2.33 bits per heavy atom. The first-order valence-corrected chi connectivity index (χ1v) is 13.3. The average molecular weight is 545 g/mol. The van der Waals surface area contributed by atoms with Crippen LogP contribution in [0.4, 0.5) is 4.39 Å². The standard InChI is InChI=1S/C31H33FN4O4/c1-3-26-27(19-33-29(37)25(30(38)35-39)18-21-12-7-5-8-13-21)36(31(34-26)40-4-2)20-23-16-11-17-24(28(23)32)22-14-9-6-10-15-22/h5-17,25,39H,3-4,18-20H2,1-2H3,(H,33,37)(H,35,38). The van der Waals surface area contributed by atoms with Gasteiger partial charge in [-0.2, -0.15) is 4.98 Å². The zero-order valence-electron chi connectivity index (χ0n) is 22.6. The summed E-state index contributed by atoms with van der Waals surface area (Å²) in [4.78, 5) is 30.2. The first-order chi connectivity index (χ1) is 19.5. The number of ether oxygens (including phenoxy) is 1. The molecule has 9 heteroatoms. The SMILES string of the molecule is CCOc1nc(CC)c(CNC(=O)C(Cc2ccccc2)C(=O)NO)n1Cc1cccc(-c2ccccc2)c1F. The summed E-state index contributed by atoms with van der Waals surface area (Å²) in [5, 5.41) is 12.1. The van der Waals surface area contributed by atoms with Crippen LogP contribution in [-0.2, 0) is 35.5 Å². The van der Waals surface area contributed by atoms with Gasteiger partial charge in [0.15, 0.2) is 0 Å². The van der Waals surface area contributed by atoms with Crippen LogP contribution in [0.5, 0.6) is 6.01 Å². The Bertz CT molecular complexity index is 1440. The van der Waals surface area contributed by atoms with Crippen molar-refractivity contribution in [2.24, 2.45) is 5.92 Å². The maximum Gasteiger partial charge on any atom is 0.297 e. The van der Waals surface area contributed by atoms with Crippen molar-refractivity contribution in [1.29, 1.82) is 0 Å². The predicted octanol–water partition coefficient (Wildman–Crippen LogP) is 4.68. The topological polar surface area (TPSA) is 105 Å². The molecule has 2 amide bonds. The lowest BCUT2D eigenvalue weighted by Crippen LogP contribution is -2.41. The molecule has 0 fully saturated rings. The highest BCUT2D eigenvalue weighted by molar-refractivity contribution is 6.00. The van der Waals surface area contributed by atoms with E-state index in [0.717, 1.165) is 11.1 Å². The van der Waals surface area contributed by atoms with E-state index in [1.165, 1.54) is 0 Å². The molecule has 0 aliphatic heterocycles. The van der Waals surface area contributed by atoms with Gasteiger partial charge in [-0.15, -0.1) is 0 Å². The second kappa shape index (κ2) is 13.5. The van der Waals surface area contributed by atoms with E-state index in [-0.39, 0.29) is 25.3 Å². The fourth-order valence-corrected chi connectivity index (χ4v) is 4.63. The molecule has 0 saturated heterocycles. The number of carbonyl (C=O) groups excluding carboxylic acids is 2. The van der Waals surface area contributed by atoms with E-state index in [0.29, 0.717) is 41.6 Å². The fourth-order valence-electron chi connectivity index (χ4n) is 4.63. The number of nitrogens with zero attached hydrogens (tertiary/aromatic N) is 2. The maximum absolute atomic E-state index is 15.7. The molecule has 4 aromatic rings. The van der Waals surface area contributed by atoms with Crippen LogP contribution in [0.15, 0.2) is 78.9 Å². The minimum absolute atomic E-state index is 0.0338. The molecule has 1 atom stereocenters. The number of hydrogen-bond donors (Lipinski definition) is 3. The minimum Gasteiger partial charge on any atom is -0.465 e. The lowest BCUT2D eigenvalue weighted by atomic mass is 9.97. The van der Waals surface area contributed by atoms with Crippen molar-refractivity contribution in [1.82, 2.24) is 20.3 Å². The molecule has 0 bridgehead atoms. The van der Waals surface area contributed by atoms with Gasteiger partial charge < -0.3 is 10.1 Å². The summed E-state index contributed by atoms with van der Waals surface area (Å²) in [6.45, 7) is 4.29. The summed E-state index contributed by atoms with van der Waals surface area (Å²) >= 11 is 0. The highest BCUT2D eigenvalue weighted by Crippen LogP contribution is 2.28. The first kappa shape index (κ1) is 28.5. The van der Waals surface area contributed by atoms with Crippen LogP contribution < -0.4 is 15.5 Å². The summed E-state index contributed by atoms with van der Waals surface area (Å²) in [5.41, 5.74) is 5.41. The van der Waals surface area contributed by atoms with Gasteiger partial charge in [-0.25, -0.2) is 9.87 Å². The van der Waals surface area contributed by atoms with Gasteiger partial charge in [0.2, 0.25) is 5.91 Å². The third kappa shape index (κ3) is 6.55. The number of hydroxylamine groups is 1. The van der Waals surface area contributed by atoms with Crippen molar-refractivity contribution >= 4 is 11.8 Å². The summed E-state index contributed by atoms with van der Waals surface area (Å²) in [7, 11) is 0. The highest BCUT2D eigenvalue weighted by atomic mass is 19.1. The number of rotatable bonds is 12. The van der Waals surface area contributed by atoms with E-state index >= 15 is 4.39 Å². The zero-order chi connectivity index (χ0) is 28.5. The van der Waals surface area contributed by atoms with Gasteiger partial charge in [0.25, 0.3) is 11.9 Å². The van der Waals surface area contributed by atoms with Crippen molar-refractivity contribution in [3.8, 4) is 17.1 Å². The number of halogens is 1. The number of aryl methyl sites for hydroxylation is 1. The third-order valence-electron chi connectivity index (χ3n) is 6.68. The molecule has 1 heterocycles. The fraction of sp³-hybridized carbons (Fsp3) is 0.258. The van der Waals surface area contributed by atoms with E-state index in [1.807, 2.05) is 80.6 Å². The molecule has 0 aliphatic carbocycles. The Morgan fingerprint density at radius 1 is 0.975 bits per heavy atom. The smallest absolute Gasteiger partial charge is 0.297 e. The van der Waals surface area contributed by atoms with Crippen LogP contribution in [-0.4, -0.2) is 33.2 Å². The Balaban J connectivity index is 1.63. The lowest BCUT2D eigenvalue weighted by Gasteiger charge is -2.17. The van der Waals surface area contributed by atoms with Crippen molar-refractivity contribution in [2.75, 3.05) is 6.61 Å². The molecule has 208 valence electrons. The Kier molecular flexibility index (Phi) is 9.64. The van der Waals surface area contributed by atoms with Gasteiger partial charge >= 0.3 is 0 Å².